The summed E-state index contributed by atoms with van der Waals surface area (Å²) in [6, 6.07) is 24.7. The number of hydrogen-bond acceptors (Lipinski definition) is 2. The summed E-state index contributed by atoms with van der Waals surface area (Å²) in [6.45, 7) is 0.835. The summed E-state index contributed by atoms with van der Waals surface area (Å²) < 4.78 is 2.26. The molecule has 0 saturated heterocycles. The number of halogens is 1. The lowest BCUT2D eigenvalue weighted by molar-refractivity contribution is 0.837. The van der Waals surface area contributed by atoms with E-state index in [1.807, 2.05) is 24.3 Å². The third-order valence-corrected chi connectivity index (χ3v) is 5.13. The molecule has 0 amide bonds. The Labute approximate surface area is 161 Å². The third-order valence-electron chi connectivity index (χ3n) is 4.84. The fourth-order valence-electron chi connectivity index (χ4n) is 3.54. The Morgan fingerprint density at radius 1 is 0.852 bits per heavy atom. The van der Waals surface area contributed by atoms with Gasteiger partial charge in [0, 0.05) is 40.8 Å². The van der Waals surface area contributed by atoms with Crippen molar-refractivity contribution < 1.29 is 0 Å². The van der Waals surface area contributed by atoms with Gasteiger partial charge in [0.15, 0.2) is 0 Å². The number of aromatic nitrogens is 3. The lowest BCUT2D eigenvalue weighted by Crippen LogP contribution is -1.97. The molecule has 0 bridgehead atoms. The second kappa shape index (κ2) is 6.53. The molecule has 130 valence electrons. The summed E-state index contributed by atoms with van der Waals surface area (Å²) in [7, 11) is 0. The first-order valence-corrected chi connectivity index (χ1v) is 9.21. The Morgan fingerprint density at radius 2 is 1.74 bits per heavy atom. The van der Waals surface area contributed by atoms with Gasteiger partial charge in [-0.15, -0.1) is 0 Å². The van der Waals surface area contributed by atoms with E-state index in [4.69, 9.17) is 11.6 Å². The van der Waals surface area contributed by atoms with Crippen molar-refractivity contribution in [2.75, 3.05) is 0 Å². The van der Waals surface area contributed by atoms with Crippen LogP contribution in [0.2, 0.25) is 5.15 Å². The highest BCUT2D eigenvalue weighted by molar-refractivity contribution is 6.34. The molecule has 2 aromatic carbocycles. The Bertz CT molecular complexity index is 1260. The minimum Gasteiger partial charge on any atom is -0.343 e. The fourth-order valence-corrected chi connectivity index (χ4v) is 3.79. The van der Waals surface area contributed by atoms with Crippen molar-refractivity contribution in [1.29, 1.82) is 0 Å². The lowest BCUT2D eigenvalue weighted by Gasteiger charge is -2.09. The Kier molecular flexibility index (Phi) is 3.88. The van der Waals surface area contributed by atoms with Crippen LogP contribution in [0.15, 0.2) is 85.2 Å². The molecular formula is C23H16ClN3. The number of rotatable bonds is 3. The predicted octanol–water partition coefficient (Wildman–Crippen LogP) is 5.95. The van der Waals surface area contributed by atoms with Gasteiger partial charge in [0.2, 0.25) is 0 Å². The molecule has 5 aromatic rings. The van der Waals surface area contributed by atoms with Crippen LogP contribution >= 0.6 is 11.6 Å². The van der Waals surface area contributed by atoms with Crippen molar-refractivity contribution in [2.24, 2.45) is 0 Å². The van der Waals surface area contributed by atoms with E-state index >= 15 is 0 Å². The maximum Gasteiger partial charge on any atom is 0.139 e. The van der Waals surface area contributed by atoms with Gasteiger partial charge in [0.25, 0.3) is 0 Å². The summed E-state index contributed by atoms with van der Waals surface area (Å²) in [5.41, 5.74) is 5.21. The van der Waals surface area contributed by atoms with Crippen molar-refractivity contribution in [3.63, 3.8) is 0 Å². The summed E-state index contributed by atoms with van der Waals surface area (Å²) in [5.74, 6) is 0. The van der Waals surface area contributed by atoms with E-state index in [0.29, 0.717) is 5.15 Å². The topological polar surface area (TPSA) is 30.7 Å². The van der Waals surface area contributed by atoms with Crippen molar-refractivity contribution in [1.82, 2.24) is 14.5 Å². The zero-order chi connectivity index (χ0) is 18.2. The molecule has 3 nitrogen and oxygen atoms in total. The van der Waals surface area contributed by atoms with Crippen molar-refractivity contribution in [2.45, 2.75) is 6.54 Å². The van der Waals surface area contributed by atoms with E-state index < -0.39 is 0 Å². The number of hydrogen-bond donors (Lipinski definition) is 0. The molecule has 0 N–H and O–H groups in total. The SMILES string of the molecule is Clc1nc(-c2cccc3c2ccn3Cc2ccccc2)cc2ncccc12. The molecule has 0 atom stereocenters. The van der Waals surface area contributed by atoms with Gasteiger partial charge in [-0.05, 0) is 35.9 Å². The number of nitrogens with zero attached hydrogens (tertiary/aromatic N) is 3. The first-order valence-electron chi connectivity index (χ1n) is 8.83. The average Bonchev–Trinajstić information content (AvgIpc) is 3.12. The average molecular weight is 370 g/mol. The van der Waals surface area contributed by atoms with Gasteiger partial charge >= 0.3 is 0 Å². The second-order valence-corrected chi connectivity index (χ2v) is 6.89. The van der Waals surface area contributed by atoms with E-state index in [1.54, 1.807) is 6.20 Å². The molecule has 0 radical (unpaired) electrons. The van der Waals surface area contributed by atoms with E-state index in [1.165, 1.54) is 11.1 Å². The highest BCUT2D eigenvalue weighted by Gasteiger charge is 2.12. The van der Waals surface area contributed by atoms with Crippen molar-refractivity contribution in [3.05, 3.63) is 95.9 Å². The number of benzene rings is 2. The second-order valence-electron chi connectivity index (χ2n) is 6.54. The predicted molar refractivity (Wildman–Crippen MR) is 111 cm³/mol. The van der Waals surface area contributed by atoms with Crippen LogP contribution in [0.4, 0.5) is 0 Å². The van der Waals surface area contributed by atoms with Gasteiger partial charge < -0.3 is 4.57 Å². The summed E-state index contributed by atoms with van der Waals surface area (Å²) in [5, 5.41) is 2.51. The normalized spacial score (nSPS) is 11.3. The molecule has 27 heavy (non-hydrogen) atoms. The molecule has 0 fully saturated rings. The van der Waals surface area contributed by atoms with E-state index in [0.717, 1.165) is 34.1 Å². The summed E-state index contributed by atoms with van der Waals surface area (Å²) >= 11 is 6.42. The van der Waals surface area contributed by atoms with Gasteiger partial charge in [0.1, 0.15) is 5.15 Å². The molecule has 0 aliphatic rings. The summed E-state index contributed by atoms with van der Waals surface area (Å²) in [6.07, 6.45) is 3.90. The molecule has 0 spiro atoms. The van der Waals surface area contributed by atoms with Crippen LogP contribution in [-0.4, -0.2) is 14.5 Å². The van der Waals surface area contributed by atoms with Gasteiger partial charge in [-0.1, -0.05) is 54.1 Å². The number of pyridine rings is 2. The van der Waals surface area contributed by atoms with Crippen LogP contribution in [0.5, 0.6) is 0 Å². The van der Waals surface area contributed by atoms with Gasteiger partial charge in [0.05, 0.1) is 11.2 Å². The largest absolute Gasteiger partial charge is 0.343 e. The zero-order valence-corrected chi connectivity index (χ0v) is 15.3. The standard InChI is InChI=1S/C23H16ClN3/c24-23-19-9-5-12-25-20(19)14-21(26-23)17-8-4-10-22-18(17)11-13-27(22)15-16-6-2-1-3-7-16/h1-14H,15H2. The van der Waals surface area contributed by atoms with Crippen molar-refractivity contribution >= 4 is 33.4 Å². The molecular weight excluding hydrogens is 354 g/mol. The zero-order valence-electron chi connectivity index (χ0n) is 14.5. The van der Waals surface area contributed by atoms with Crippen molar-refractivity contribution in [3.8, 4) is 11.3 Å². The van der Waals surface area contributed by atoms with Crippen LogP contribution in [0, 0.1) is 0 Å². The molecule has 4 heteroatoms. The van der Waals surface area contributed by atoms with Crippen LogP contribution in [0.25, 0.3) is 33.1 Å². The maximum absolute atomic E-state index is 6.42. The molecule has 0 aliphatic heterocycles. The molecule has 5 rings (SSSR count). The Morgan fingerprint density at radius 3 is 2.63 bits per heavy atom. The Hall–Kier alpha value is -3.17. The third kappa shape index (κ3) is 2.86. The first-order chi connectivity index (χ1) is 13.3. The smallest absolute Gasteiger partial charge is 0.139 e. The molecule has 0 aliphatic carbocycles. The minimum absolute atomic E-state index is 0.483. The minimum atomic E-state index is 0.483. The monoisotopic (exact) mass is 369 g/mol. The van der Waals surface area contributed by atoms with Gasteiger partial charge in [-0.2, -0.15) is 0 Å². The summed E-state index contributed by atoms with van der Waals surface area (Å²) in [4.78, 5) is 9.07. The van der Waals surface area contributed by atoms with Crippen LogP contribution < -0.4 is 0 Å². The van der Waals surface area contributed by atoms with Crippen LogP contribution in [-0.2, 0) is 6.54 Å². The first kappa shape index (κ1) is 16.0. The number of fused-ring (bicyclic) bond motifs is 2. The molecule has 3 heterocycles. The lowest BCUT2D eigenvalue weighted by atomic mass is 10.1. The van der Waals surface area contributed by atoms with Gasteiger partial charge in [-0.25, -0.2) is 4.98 Å². The van der Waals surface area contributed by atoms with Crippen LogP contribution in [0.1, 0.15) is 5.56 Å². The fraction of sp³-hybridized carbons (Fsp3) is 0.0435. The van der Waals surface area contributed by atoms with Gasteiger partial charge in [-0.3, -0.25) is 4.98 Å². The molecule has 3 aromatic heterocycles. The quantitative estimate of drug-likeness (QED) is 0.368. The highest BCUT2D eigenvalue weighted by atomic mass is 35.5. The van der Waals surface area contributed by atoms with E-state index in [9.17, 15) is 0 Å². The maximum atomic E-state index is 6.42. The molecule has 0 saturated carbocycles. The highest BCUT2D eigenvalue weighted by Crippen LogP contribution is 2.32. The van der Waals surface area contributed by atoms with E-state index in [-0.39, 0.29) is 0 Å². The molecule has 0 unspecified atom stereocenters. The Balaban J connectivity index is 1.64. The van der Waals surface area contributed by atoms with E-state index in [2.05, 4.69) is 69.3 Å². The van der Waals surface area contributed by atoms with Crippen LogP contribution in [0.3, 0.4) is 0 Å².